The second kappa shape index (κ2) is 29.3. The predicted octanol–water partition coefficient (Wildman–Crippen LogP) is 10.00. The first kappa shape index (κ1) is 59.0. The van der Waals surface area contributed by atoms with Gasteiger partial charge in [0.1, 0.15) is 0 Å². The third-order valence-electron chi connectivity index (χ3n) is 13.0. The monoisotopic (exact) mass is 1050 g/mol. The molecule has 1 N–H and O–H groups in total. The van der Waals surface area contributed by atoms with Crippen LogP contribution in [0.1, 0.15) is 136 Å². The molecule has 14 nitrogen and oxygen atoms in total. The van der Waals surface area contributed by atoms with Crippen molar-refractivity contribution in [2.45, 2.75) is 153 Å². The van der Waals surface area contributed by atoms with Crippen LogP contribution in [0.5, 0.6) is 0 Å². The molecule has 4 unspecified atom stereocenters. The maximum absolute atomic E-state index is 16.3. The van der Waals surface area contributed by atoms with Crippen LogP contribution in [0.3, 0.4) is 0 Å². The molecular formula is C57H68F4N2O12. The highest BCUT2D eigenvalue weighted by Gasteiger charge is 2.45. The van der Waals surface area contributed by atoms with Crippen LogP contribution in [0, 0.1) is 0 Å². The van der Waals surface area contributed by atoms with Crippen molar-refractivity contribution >= 4 is 41.7 Å². The first-order chi connectivity index (χ1) is 35.9. The average molecular weight is 1050 g/mol. The fourth-order valence-electron chi connectivity index (χ4n) is 9.14. The average Bonchev–Trinajstić information content (AvgIpc) is 3.92. The number of aromatic carboxylic acids is 1. The summed E-state index contributed by atoms with van der Waals surface area (Å²) in [4.78, 5) is 91.8. The van der Waals surface area contributed by atoms with Gasteiger partial charge in [-0.15, -0.1) is 0 Å². The third kappa shape index (κ3) is 18.2. The summed E-state index contributed by atoms with van der Waals surface area (Å²) < 4.78 is 86.1. The van der Waals surface area contributed by atoms with Crippen LogP contribution in [0.25, 0.3) is 0 Å². The maximum Gasteiger partial charge on any atom is 0.335 e. The van der Waals surface area contributed by atoms with Crippen molar-refractivity contribution < 1.29 is 75.2 Å². The van der Waals surface area contributed by atoms with E-state index in [4.69, 9.17) is 18.9 Å². The van der Waals surface area contributed by atoms with Gasteiger partial charge in [0.15, 0.2) is 12.2 Å². The lowest BCUT2D eigenvalue weighted by molar-refractivity contribution is -0.167. The third-order valence-corrected chi connectivity index (χ3v) is 13.0. The van der Waals surface area contributed by atoms with E-state index in [1.807, 2.05) is 0 Å². The first-order valence-electron chi connectivity index (χ1n) is 25.8. The molecule has 0 aliphatic carbocycles. The number of likely N-dealkylation sites (tertiary alicyclic amines) is 2. The number of hydrogen-bond donors (Lipinski definition) is 1. The minimum Gasteiger partial charge on any atom is -0.478 e. The summed E-state index contributed by atoms with van der Waals surface area (Å²) in [6.45, 7) is 4.76. The van der Waals surface area contributed by atoms with Crippen LogP contribution in [-0.2, 0) is 72.4 Å². The molecule has 2 fully saturated rings. The Morgan fingerprint density at radius 3 is 1.35 bits per heavy atom. The number of benzene rings is 3. The molecule has 75 heavy (non-hydrogen) atoms. The van der Waals surface area contributed by atoms with Crippen molar-refractivity contribution in [3.8, 4) is 0 Å². The van der Waals surface area contributed by atoms with Crippen LogP contribution < -0.4 is 0 Å². The highest BCUT2D eigenvalue weighted by Crippen LogP contribution is 2.37. The number of carbonyl (C=O) groups is 7. The molecule has 2 saturated heterocycles. The Bertz CT molecular complexity index is 2290. The fourth-order valence-corrected chi connectivity index (χ4v) is 9.14. The van der Waals surface area contributed by atoms with Crippen LogP contribution in [0.4, 0.5) is 17.6 Å². The molecule has 0 spiro atoms. The number of alkyl halides is 4. The van der Waals surface area contributed by atoms with Crippen molar-refractivity contribution in [2.24, 2.45) is 0 Å². The van der Waals surface area contributed by atoms with Crippen LogP contribution in [-0.4, -0.2) is 107 Å². The molecule has 5 rings (SSSR count). The number of nitrogens with zero attached hydrogens (tertiary/aromatic N) is 2. The number of rotatable bonds is 31. The number of carbonyl (C=O) groups excluding carboxylic acids is 6. The van der Waals surface area contributed by atoms with Gasteiger partial charge in [0, 0.05) is 49.9 Å². The van der Waals surface area contributed by atoms with Crippen molar-refractivity contribution in [1.82, 2.24) is 9.80 Å². The number of halogens is 4. The molecule has 2 aliphatic heterocycles. The number of unbranched alkanes of at least 4 members (excludes halogenated alkanes) is 6. The van der Waals surface area contributed by atoms with Gasteiger partial charge in [-0.3, -0.25) is 28.8 Å². The molecule has 3 aromatic carbocycles. The van der Waals surface area contributed by atoms with Gasteiger partial charge in [-0.25, -0.2) is 4.79 Å². The lowest BCUT2D eigenvalue weighted by Gasteiger charge is -2.27. The van der Waals surface area contributed by atoms with E-state index in [0.717, 1.165) is 37.1 Å². The zero-order valence-electron chi connectivity index (χ0n) is 42.6. The SMILES string of the molecule is CCOC(=O)CCCCCCN1C(=O)CCC1/C=C/C(OC(=O)Cc1cc(CC(=O)OC(/C=C/C2CCC(=O)N2CCCCCCC(=O)OCC)C(F)(F)c2ccccc2)cc(C(=O)O)c1)C(F)(F)c1ccccc1. The van der Waals surface area contributed by atoms with Crippen molar-refractivity contribution in [1.29, 1.82) is 0 Å². The topological polar surface area (TPSA) is 183 Å². The number of carboxylic acid groups (broad SMARTS) is 1. The van der Waals surface area contributed by atoms with Gasteiger partial charge in [-0.1, -0.05) is 105 Å². The molecule has 2 amide bonds. The Labute approximate surface area is 435 Å². The van der Waals surface area contributed by atoms with E-state index in [1.54, 1.807) is 35.8 Å². The number of hydrogen-bond acceptors (Lipinski definition) is 11. The summed E-state index contributed by atoms with van der Waals surface area (Å²) in [5, 5.41) is 10.0. The summed E-state index contributed by atoms with van der Waals surface area (Å²) in [6.07, 6.45) is 6.09. The Hall–Kier alpha value is -6.85. The van der Waals surface area contributed by atoms with Crippen LogP contribution in [0.2, 0.25) is 0 Å². The quantitative estimate of drug-likeness (QED) is 0.0212. The number of amides is 2. The molecule has 406 valence electrons. The van der Waals surface area contributed by atoms with Gasteiger partial charge in [0.05, 0.1) is 43.7 Å². The Kier molecular flexibility index (Phi) is 23.1. The molecule has 4 atom stereocenters. The van der Waals surface area contributed by atoms with Crippen LogP contribution in [0.15, 0.2) is 103 Å². The zero-order valence-corrected chi connectivity index (χ0v) is 42.6. The maximum atomic E-state index is 16.3. The second-order valence-corrected chi connectivity index (χ2v) is 18.6. The van der Waals surface area contributed by atoms with Crippen molar-refractivity contribution in [3.05, 3.63) is 131 Å². The standard InChI is InChI=1S/C57H68F4N2O12/c1-3-72-51(66)23-15-5-7-17-33-62-45(27-31-49(62)64)25-29-47(56(58,59)43-19-11-9-12-20-43)74-53(68)38-40-35-41(37-42(36-40)55(70)71)39-54(69)75-48(57(60,61)44-21-13-10-14-22-44)30-26-46-28-32-50(65)63(46)34-18-8-6-16-24-52(67)73-4-2/h9-14,19-22,25-26,29-30,35-37,45-48H,3-8,15-18,23-24,27-28,31-34,38-39H2,1-2H3,(H,70,71)/b29-25+,30-26+. The highest BCUT2D eigenvalue weighted by molar-refractivity contribution is 5.89. The largest absolute Gasteiger partial charge is 0.478 e. The summed E-state index contributed by atoms with van der Waals surface area (Å²) in [7, 11) is 0. The number of esters is 4. The lowest BCUT2D eigenvalue weighted by Crippen LogP contribution is -2.36. The second-order valence-electron chi connectivity index (χ2n) is 18.6. The minimum absolute atomic E-state index is 0.0423. The molecule has 0 bridgehead atoms. The summed E-state index contributed by atoms with van der Waals surface area (Å²) in [5.74, 6) is -12.3. The van der Waals surface area contributed by atoms with E-state index >= 15 is 17.6 Å². The van der Waals surface area contributed by atoms with Crippen molar-refractivity contribution in [3.63, 3.8) is 0 Å². The molecule has 3 aromatic rings. The zero-order chi connectivity index (χ0) is 54.4. The minimum atomic E-state index is -3.77. The Balaban J connectivity index is 1.29. The van der Waals surface area contributed by atoms with E-state index in [-0.39, 0.29) is 60.6 Å². The Morgan fingerprint density at radius 2 is 0.973 bits per heavy atom. The molecule has 2 heterocycles. The van der Waals surface area contributed by atoms with Gasteiger partial charge in [-0.05, 0) is 87.8 Å². The molecule has 0 aromatic heterocycles. The number of ether oxygens (including phenoxy) is 4. The van der Waals surface area contributed by atoms with E-state index in [0.29, 0.717) is 77.7 Å². The molecule has 18 heteroatoms. The van der Waals surface area contributed by atoms with Gasteiger partial charge < -0.3 is 33.9 Å². The van der Waals surface area contributed by atoms with E-state index < -0.39 is 83.6 Å². The molecule has 0 radical (unpaired) electrons. The van der Waals surface area contributed by atoms with E-state index in [1.165, 1.54) is 66.7 Å². The molecule has 0 saturated carbocycles. The highest BCUT2D eigenvalue weighted by atomic mass is 19.3. The van der Waals surface area contributed by atoms with Crippen molar-refractivity contribution in [2.75, 3.05) is 26.3 Å². The van der Waals surface area contributed by atoms with Gasteiger partial charge in [-0.2, -0.15) is 17.6 Å². The lowest BCUT2D eigenvalue weighted by atomic mass is 10.00. The first-order valence-corrected chi connectivity index (χ1v) is 25.8. The van der Waals surface area contributed by atoms with E-state index in [9.17, 15) is 38.7 Å². The molecule has 2 aliphatic rings. The summed E-state index contributed by atoms with van der Waals surface area (Å²) in [6, 6.07) is 15.7. The number of carboxylic acids is 1. The van der Waals surface area contributed by atoms with Gasteiger partial charge in [0.2, 0.25) is 11.8 Å². The van der Waals surface area contributed by atoms with E-state index in [2.05, 4.69) is 0 Å². The van der Waals surface area contributed by atoms with Gasteiger partial charge >= 0.3 is 41.7 Å². The van der Waals surface area contributed by atoms with Crippen LogP contribution >= 0.6 is 0 Å². The summed E-state index contributed by atoms with van der Waals surface area (Å²) >= 11 is 0. The molecular weight excluding hydrogens is 981 g/mol. The smallest absolute Gasteiger partial charge is 0.335 e. The fraction of sp³-hybridized carbons (Fsp3) is 0.491. The van der Waals surface area contributed by atoms with Gasteiger partial charge in [0.25, 0.3) is 0 Å². The summed E-state index contributed by atoms with van der Waals surface area (Å²) in [5.41, 5.74) is -1.40. The Morgan fingerprint density at radius 1 is 0.587 bits per heavy atom. The predicted molar refractivity (Wildman–Crippen MR) is 268 cm³/mol. The normalized spacial score (nSPS) is 16.9.